The SMILES string of the molecule is CCCCCCCCC(O)(c1nccn1C)c1nccn1C. The van der Waals surface area contributed by atoms with Gasteiger partial charge in [0.05, 0.1) is 0 Å². The Morgan fingerprint density at radius 2 is 1.41 bits per heavy atom. The second kappa shape index (κ2) is 7.58. The molecule has 0 unspecified atom stereocenters. The minimum absolute atomic E-state index is 0.648. The summed E-state index contributed by atoms with van der Waals surface area (Å²) in [6, 6.07) is 0. The lowest BCUT2D eigenvalue weighted by Crippen LogP contribution is -2.33. The second-order valence-corrected chi connectivity index (χ2v) is 6.10. The summed E-state index contributed by atoms with van der Waals surface area (Å²) in [5.41, 5.74) is -1.12. The zero-order valence-electron chi connectivity index (χ0n) is 14.0. The van der Waals surface area contributed by atoms with Gasteiger partial charge in [-0.15, -0.1) is 0 Å². The van der Waals surface area contributed by atoms with E-state index >= 15 is 0 Å². The van der Waals surface area contributed by atoms with Crippen molar-refractivity contribution in [2.24, 2.45) is 14.1 Å². The van der Waals surface area contributed by atoms with Crippen LogP contribution in [0.15, 0.2) is 24.8 Å². The molecule has 2 rings (SSSR count). The average Bonchev–Trinajstić information content (AvgIpc) is 3.11. The molecule has 2 aromatic rings. The van der Waals surface area contributed by atoms with Gasteiger partial charge in [-0.25, -0.2) is 9.97 Å². The van der Waals surface area contributed by atoms with Crippen molar-refractivity contribution in [1.82, 2.24) is 19.1 Å². The number of aliphatic hydroxyl groups is 1. The Hall–Kier alpha value is -1.62. The van der Waals surface area contributed by atoms with E-state index in [-0.39, 0.29) is 0 Å². The Bertz CT molecular complexity index is 532. The third-order valence-corrected chi connectivity index (χ3v) is 4.27. The number of imidazole rings is 2. The molecule has 0 atom stereocenters. The Balaban J connectivity index is 2.10. The number of unbranched alkanes of at least 4 members (excludes halogenated alkanes) is 5. The molecule has 0 amide bonds. The van der Waals surface area contributed by atoms with Crippen LogP contribution in [0, 0.1) is 0 Å². The maximum Gasteiger partial charge on any atom is 0.180 e. The van der Waals surface area contributed by atoms with Crippen molar-refractivity contribution in [1.29, 1.82) is 0 Å². The van der Waals surface area contributed by atoms with Gasteiger partial charge in [-0.2, -0.15) is 0 Å². The van der Waals surface area contributed by atoms with E-state index in [9.17, 15) is 5.11 Å². The molecule has 0 saturated heterocycles. The van der Waals surface area contributed by atoms with Gasteiger partial charge in [-0.1, -0.05) is 39.0 Å². The van der Waals surface area contributed by atoms with E-state index in [1.54, 1.807) is 12.4 Å². The first-order chi connectivity index (χ1) is 10.6. The van der Waals surface area contributed by atoms with Crippen LogP contribution in [0.5, 0.6) is 0 Å². The van der Waals surface area contributed by atoms with Crippen molar-refractivity contribution < 1.29 is 5.11 Å². The third kappa shape index (κ3) is 3.58. The number of rotatable bonds is 9. The summed E-state index contributed by atoms with van der Waals surface area (Å²) in [6.45, 7) is 2.22. The van der Waals surface area contributed by atoms with Crippen LogP contribution in [0.1, 0.15) is 63.5 Å². The fraction of sp³-hybridized carbons (Fsp3) is 0.647. The first kappa shape index (κ1) is 16.7. The summed E-state index contributed by atoms with van der Waals surface area (Å²) < 4.78 is 3.76. The van der Waals surface area contributed by atoms with E-state index in [2.05, 4.69) is 16.9 Å². The van der Waals surface area contributed by atoms with E-state index in [1.807, 2.05) is 35.6 Å². The molecular formula is C17H28N4O. The highest BCUT2D eigenvalue weighted by Crippen LogP contribution is 2.32. The third-order valence-electron chi connectivity index (χ3n) is 4.27. The van der Waals surface area contributed by atoms with Gasteiger partial charge in [0.2, 0.25) is 0 Å². The van der Waals surface area contributed by atoms with Gasteiger partial charge in [0.15, 0.2) is 5.60 Å². The van der Waals surface area contributed by atoms with Crippen molar-refractivity contribution in [2.45, 2.75) is 57.5 Å². The largest absolute Gasteiger partial charge is 0.374 e. The van der Waals surface area contributed by atoms with Crippen LogP contribution in [0.4, 0.5) is 0 Å². The summed E-state index contributed by atoms with van der Waals surface area (Å²) in [6.07, 6.45) is 15.0. The predicted octanol–water partition coefficient (Wildman–Crippen LogP) is 3.14. The highest BCUT2D eigenvalue weighted by molar-refractivity contribution is 5.19. The number of hydrogen-bond acceptors (Lipinski definition) is 3. The topological polar surface area (TPSA) is 55.9 Å². The van der Waals surface area contributed by atoms with E-state index in [1.165, 1.54) is 25.7 Å². The fourth-order valence-electron chi connectivity index (χ4n) is 3.01. The van der Waals surface area contributed by atoms with Crippen molar-refractivity contribution in [3.05, 3.63) is 36.4 Å². The summed E-state index contributed by atoms with van der Waals surface area (Å²) >= 11 is 0. The van der Waals surface area contributed by atoms with Crippen molar-refractivity contribution in [3.63, 3.8) is 0 Å². The molecule has 0 bridgehead atoms. The first-order valence-corrected chi connectivity index (χ1v) is 8.27. The molecule has 5 heteroatoms. The maximum absolute atomic E-state index is 11.3. The minimum Gasteiger partial charge on any atom is -0.374 e. The normalized spacial score (nSPS) is 12.0. The molecule has 0 saturated carbocycles. The smallest absolute Gasteiger partial charge is 0.180 e. The quantitative estimate of drug-likeness (QED) is 0.724. The first-order valence-electron chi connectivity index (χ1n) is 8.27. The van der Waals surface area contributed by atoms with E-state index in [0.717, 1.165) is 12.8 Å². The summed E-state index contributed by atoms with van der Waals surface area (Å²) in [5, 5.41) is 11.3. The van der Waals surface area contributed by atoms with Crippen LogP contribution >= 0.6 is 0 Å². The summed E-state index contributed by atoms with van der Waals surface area (Å²) in [5.74, 6) is 1.32. The van der Waals surface area contributed by atoms with Crippen molar-refractivity contribution >= 4 is 0 Å². The Morgan fingerprint density at radius 1 is 0.909 bits per heavy atom. The lowest BCUT2D eigenvalue weighted by molar-refractivity contribution is 0.0440. The number of aryl methyl sites for hydroxylation is 2. The molecule has 0 aliphatic rings. The van der Waals surface area contributed by atoms with Gasteiger partial charge in [-0.05, 0) is 12.8 Å². The molecule has 5 nitrogen and oxygen atoms in total. The van der Waals surface area contributed by atoms with Gasteiger partial charge in [0.1, 0.15) is 11.6 Å². The predicted molar refractivity (Wildman–Crippen MR) is 87.4 cm³/mol. The zero-order valence-corrected chi connectivity index (χ0v) is 14.0. The maximum atomic E-state index is 11.3. The highest BCUT2D eigenvalue weighted by Gasteiger charge is 2.38. The molecule has 0 radical (unpaired) electrons. The molecule has 2 heterocycles. The van der Waals surface area contributed by atoms with E-state index in [0.29, 0.717) is 18.1 Å². The molecule has 0 aliphatic carbocycles. The lowest BCUT2D eigenvalue weighted by atomic mass is 9.93. The molecule has 0 aliphatic heterocycles. The molecule has 122 valence electrons. The van der Waals surface area contributed by atoms with Gasteiger partial charge in [0, 0.05) is 38.9 Å². The van der Waals surface area contributed by atoms with Crippen LogP contribution < -0.4 is 0 Å². The summed E-state index contributed by atoms with van der Waals surface area (Å²) in [7, 11) is 3.83. The highest BCUT2D eigenvalue weighted by atomic mass is 16.3. The molecule has 22 heavy (non-hydrogen) atoms. The number of aromatic nitrogens is 4. The molecule has 1 N–H and O–H groups in total. The summed E-state index contributed by atoms with van der Waals surface area (Å²) in [4.78, 5) is 8.75. The molecule has 0 aromatic carbocycles. The van der Waals surface area contributed by atoms with Gasteiger partial charge < -0.3 is 14.2 Å². The molecule has 0 fully saturated rings. The zero-order chi connectivity index (χ0) is 16.0. The van der Waals surface area contributed by atoms with Gasteiger partial charge in [-0.3, -0.25) is 0 Å². The van der Waals surface area contributed by atoms with Crippen molar-refractivity contribution in [2.75, 3.05) is 0 Å². The monoisotopic (exact) mass is 304 g/mol. The average molecular weight is 304 g/mol. The van der Waals surface area contributed by atoms with Crippen LogP contribution in [0.25, 0.3) is 0 Å². The number of hydrogen-bond donors (Lipinski definition) is 1. The number of nitrogens with zero attached hydrogens (tertiary/aromatic N) is 4. The van der Waals surface area contributed by atoms with Gasteiger partial charge >= 0.3 is 0 Å². The lowest BCUT2D eigenvalue weighted by Gasteiger charge is -2.27. The van der Waals surface area contributed by atoms with E-state index in [4.69, 9.17) is 0 Å². The van der Waals surface area contributed by atoms with Crippen LogP contribution in [-0.2, 0) is 19.7 Å². The molecular weight excluding hydrogens is 276 g/mol. The van der Waals surface area contributed by atoms with Crippen LogP contribution in [0.3, 0.4) is 0 Å². The van der Waals surface area contributed by atoms with Crippen LogP contribution in [0.2, 0.25) is 0 Å². The minimum atomic E-state index is -1.12. The van der Waals surface area contributed by atoms with Crippen LogP contribution in [-0.4, -0.2) is 24.2 Å². The van der Waals surface area contributed by atoms with Crippen molar-refractivity contribution in [3.8, 4) is 0 Å². The van der Waals surface area contributed by atoms with E-state index < -0.39 is 5.60 Å². The van der Waals surface area contributed by atoms with Gasteiger partial charge in [0.25, 0.3) is 0 Å². The molecule has 2 aromatic heterocycles. The Morgan fingerprint density at radius 3 is 1.86 bits per heavy atom. The molecule has 0 spiro atoms. The Labute approximate surface area is 133 Å². The second-order valence-electron chi connectivity index (χ2n) is 6.10. The standard InChI is InChI=1S/C17H28N4O/c1-4-5-6-7-8-9-10-17(22,15-18-11-13-20(15)2)16-19-12-14-21(16)3/h11-14,22H,4-10H2,1-3H3. The Kier molecular flexibility index (Phi) is 5.77. The fourth-order valence-corrected chi connectivity index (χ4v) is 3.01.